The van der Waals surface area contributed by atoms with E-state index in [0.29, 0.717) is 12.1 Å². The zero-order valence-corrected chi connectivity index (χ0v) is 16.2. The lowest BCUT2D eigenvalue weighted by atomic mass is 9.82. The van der Waals surface area contributed by atoms with Crippen molar-refractivity contribution < 1.29 is 9.53 Å². The number of hydrogen-bond acceptors (Lipinski definition) is 6. The van der Waals surface area contributed by atoms with E-state index < -0.39 is 0 Å². The van der Waals surface area contributed by atoms with Crippen LogP contribution in [-0.2, 0) is 9.53 Å². The van der Waals surface area contributed by atoms with Crippen LogP contribution in [0.4, 0.5) is 0 Å². The number of carbonyl (C=O) groups excluding carboxylic acids is 1. The lowest BCUT2D eigenvalue weighted by Crippen LogP contribution is -2.30. The van der Waals surface area contributed by atoms with E-state index in [1.807, 2.05) is 54.9 Å². The molecule has 2 heterocycles. The number of rotatable bonds is 8. The Bertz CT molecular complexity index is 931. The van der Waals surface area contributed by atoms with E-state index in [-0.39, 0.29) is 24.3 Å². The molecule has 0 fully saturated rings. The van der Waals surface area contributed by atoms with E-state index in [2.05, 4.69) is 21.4 Å². The van der Waals surface area contributed by atoms with E-state index in [9.17, 15) is 10.1 Å². The first-order valence-corrected chi connectivity index (χ1v) is 9.33. The molecule has 0 aliphatic heterocycles. The molecule has 0 saturated heterocycles. The number of pyridine rings is 2. The first-order chi connectivity index (χ1) is 14.2. The number of nitrogens with one attached hydrogen (secondary N) is 1. The summed E-state index contributed by atoms with van der Waals surface area (Å²) in [6.07, 6.45) is 7.39. The summed E-state index contributed by atoms with van der Waals surface area (Å²) < 4.78 is 4.76. The standard InChI is InChI=1S/C23H22N4O2/c1-29-21(28)9-12-27-23(18-6-2-5-17(13-18)14-24)22(19-7-3-10-25-15-19)20-8-4-11-26-16-20/h2-8,10-11,13,15-16,22-23,27H,9,12H2,1H3. The van der Waals surface area contributed by atoms with Crippen molar-refractivity contribution in [2.75, 3.05) is 13.7 Å². The topological polar surface area (TPSA) is 87.9 Å². The normalized spacial score (nSPS) is 11.6. The Labute approximate surface area is 170 Å². The molecule has 0 spiro atoms. The first kappa shape index (κ1) is 20.2. The number of esters is 1. The molecule has 29 heavy (non-hydrogen) atoms. The molecule has 1 N–H and O–H groups in total. The number of hydrogen-bond donors (Lipinski definition) is 1. The van der Waals surface area contributed by atoms with Gasteiger partial charge in [0.1, 0.15) is 0 Å². The summed E-state index contributed by atoms with van der Waals surface area (Å²) in [6, 6.07) is 17.3. The molecule has 3 rings (SSSR count). The summed E-state index contributed by atoms with van der Waals surface area (Å²) in [7, 11) is 1.38. The molecule has 0 radical (unpaired) electrons. The third kappa shape index (κ3) is 5.24. The summed E-state index contributed by atoms with van der Waals surface area (Å²) in [5.74, 6) is -0.384. The fraction of sp³-hybridized carbons (Fsp3) is 0.217. The average Bonchev–Trinajstić information content (AvgIpc) is 2.79. The van der Waals surface area contributed by atoms with Crippen molar-refractivity contribution in [2.24, 2.45) is 0 Å². The van der Waals surface area contributed by atoms with Gasteiger partial charge in [0.2, 0.25) is 0 Å². The molecule has 1 unspecified atom stereocenters. The number of benzene rings is 1. The van der Waals surface area contributed by atoms with Crippen LogP contribution in [-0.4, -0.2) is 29.6 Å². The summed E-state index contributed by atoms with van der Waals surface area (Å²) >= 11 is 0. The molecule has 0 bridgehead atoms. The van der Waals surface area contributed by atoms with Gasteiger partial charge in [0.05, 0.1) is 25.2 Å². The highest BCUT2D eigenvalue weighted by Crippen LogP contribution is 2.36. The molecule has 146 valence electrons. The Morgan fingerprint density at radius 1 is 1.07 bits per heavy atom. The number of aromatic nitrogens is 2. The fourth-order valence-electron chi connectivity index (χ4n) is 3.36. The van der Waals surface area contributed by atoms with E-state index in [0.717, 1.165) is 16.7 Å². The predicted molar refractivity (Wildman–Crippen MR) is 109 cm³/mol. The van der Waals surface area contributed by atoms with Crippen molar-refractivity contribution in [1.82, 2.24) is 15.3 Å². The van der Waals surface area contributed by atoms with Gasteiger partial charge in [-0.25, -0.2) is 0 Å². The van der Waals surface area contributed by atoms with Gasteiger partial charge < -0.3 is 10.1 Å². The van der Waals surface area contributed by atoms with Crippen LogP contribution in [0.3, 0.4) is 0 Å². The second-order valence-electron chi connectivity index (χ2n) is 6.55. The molecule has 1 aromatic carbocycles. The Balaban J connectivity index is 2.04. The third-order valence-corrected chi connectivity index (χ3v) is 4.72. The molecular weight excluding hydrogens is 364 g/mol. The Hall–Kier alpha value is -3.56. The predicted octanol–water partition coefficient (Wildman–Crippen LogP) is 3.37. The van der Waals surface area contributed by atoms with Gasteiger partial charge in [0, 0.05) is 43.3 Å². The number of methoxy groups -OCH3 is 1. The molecule has 6 nitrogen and oxygen atoms in total. The molecule has 2 aromatic heterocycles. The number of ether oxygens (including phenoxy) is 1. The summed E-state index contributed by atoms with van der Waals surface area (Å²) in [5, 5.41) is 12.8. The molecule has 0 saturated carbocycles. The zero-order valence-electron chi connectivity index (χ0n) is 16.2. The lowest BCUT2D eigenvalue weighted by molar-refractivity contribution is -0.140. The largest absolute Gasteiger partial charge is 0.469 e. The number of nitriles is 1. The van der Waals surface area contributed by atoms with Gasteiger partial charge in [0.25, 0.3) is 0 Å². The van der Waals surface area contributed by atoms with Crippen molar-refractivity contribution >= 4 is 5.97 Å². The van der Waals surface area contributed by atoms with E-state index >= 15 is 0 Å². The van der Waals surface area contributed by atoms with Gasteiger partial charge in [-0.1, -0.05) is 24.3 Å². The van der Waals surface area contributed by atoms with Crippen LogP contribution >= 0.6 is 0 Å². The van der Waals surface area contributed by atoms with Gasteiger partial charge >= 0.3 is 5.97 Å². The molecular formula is C23H22N4O2. The van der Waals surface area contributed by atoms with Crippen LogP contribution in [0.25, 0.3) is 0 Å². The second kappa shape index (κ2) is 10.1. The van der Waals surface area contributed by atoms with E-state index in [4.69, 9.17) is 4.74 Å². The van der Waals surface area contributed by atoms with E-state index in [1.54, 1.807) is 18.5 Å². The maximum absolute atomic E-state index is 11.6. The number of nitrogens with zero attached hydrogens (tertiary/aromatic N) is 3. The van der Waals surface area contributed by atoms with Crippen LogP contribution in [0, 0.1) is 11.3 Å². The second-order valence-corrected chi connectivity index (χ2v) is 6.55. The van der Waals surface area contributed by atoms with E-state index in [1.165, 1.54) is 7.11 Å². The minimum absolute atomic E-state index is 0.107. The number of carbonyl (C=O) groups is 1. The maximum atomic E-state index is 11.6. The molecule has 0 amide bonds. The van der Waals surface area contributed by atoms with Crippen molar-refractivity contribution in [3.05, 3.63) is 95.6 Å². The van der Waals surface area contributed by atoms with Crippen LogP contribution in [0.5, 0.6) is 0 Å². The maximum Gasteiger partial charge on any atom is 0.306 e. The zero-order chi connectivity index (χ0) is 20.5. The Morgan fingerprint density at radius 3 is 2.28 bits per heavy atom. The highest BCUT2D eigenvalue weighted by atomic mass is 16.5. The van der Waals surface area contributed by atoms with Gasteiger partial charge in [-0.3, -0.25) is 14.8 Å². The van der Waals surface area contributed by atoms with Gasteiger partial charge in [-0.2, -0.15) is 5.26 Å². The molecule has 0 aliphatic rings. The van der Waals surface area contributed by atoms with Crippen LogP contribution < -0.4 is 5.32 Å². The van der Waals surface area contributed by atoms with Crippen molar-refractivity contribution in [2.45, 2.75) is 18.4 Å². The highest BCUT2D eigenvalue weighted by molar-refractivity contribution is 5.69. The van der Waals surface area contributed by atoms with Crippen molar-refractivity contribution in [1.29, 1.82) is 5.26 Å². The smallest absolute Gasteiger partial charge is 0.306 e. The molecule has 0 aliphatic carbocycles. The minimum Gasteiger partial charge on any atom is -0.469 e. The minimum atomic E-state index is -0.277. The summed E-state index contributed by atoms with van der Waals surface area (Å²) in [6.45, 7) is 0.436. The van der Waals surface area contributed by atoms with Gasteiger partial charge in [0.15, 0.2) is 0 Å². The molecule has 1 atom stereocenters. The monoisotopic (exact) mass is 386 g/mol. The third-order valence-electron chi connectivity index (χ3n) is 4.72. The van der Waals surface area contributed by atoms with Gasteiger partial charge in [-0.15, -0.1) is 0 Å². The quantitative estimate of drug-likeness (QED) is 0.597. The first-order valence-electron chi connectivity index (χ1n) is 9.33. The van der Waals surface area contributed by atoms with Crippen LogP contribution in [0.15, 0.2) is 73.3 Å². The SMILES string of the molecule is COC(=O)CCNC(c1cccc(C#N)c1)C(c1cccnc1)c1cccnc1. The Kier molecular flexibility index (Phi) is 7.04. The molecule has 6 heteroatoms. The van der Waals surface area contributed by atoms with Crippen LogP contribution in [0.1, 0.15) is 40.6 Å². The Morgan fingerprint density at radius 2 is 1.72 bits per heavy atom. The lowest BCUT2D eigenvalue weighted by Gasteiger charge is -2.29. The fourth-order valence-corrected chi connectivity index (χ4v) is 3.36. The summed E-state index contributed by atoms with van der Waals surface area (Å²) in [4.78, 5) is 20.2. The van der Waals surface area contributed by atoms with Crippen molar-refractivity contribution in [3.63, 3.8) is 0 Å². The van der Waals surface area contributed by atoms with Crippen molar-refractivity contribution in [3.8, 4) is 6.07 Å². The van der Waals surface area contributed by atoms with Crippen LogP contribution in [0.2, 0.25) is 0 Å². The van der Waals surface area contributed by atoms with Gasteiger partial charge in [-0.05, 0) is 41.0 Å². The molecule has 3 aromatic rings. The highest BCUT2D eigenvalue weighted by Gasteiger charge is 2.27. The average molecular weight is 386 g/mol. The summed E-state index contributed by atoms with van der Waals surface area (Å²) in [5.41, 5.74) is 3.56.